The lowest BCUT2D eigenvalue weighted by Gasteiger charge is -2.02. The molecule has 1 heterocycles. The molecule has 0 aliphatic carbocycles. The van der Waals surface area contributed by atoms with Crippen LogP contribution in [0.5, 0.6) is 0 Å². The van der Waals surface area contributed by atoms with Crippen molar-refractivity contribution in [1.29, 1.82) is 5.26 Å². The smallest absolute Gasteiger partial charge is 0.174 e. The van der Waals surface area contributed by atoms with Gasteiger partial charge in [-0.1, -0.05) is 17.8 Å². The van der Waals surface area contributed by atoms with Gasteiger partial charge in [-0.3, -0.25) is 0 Å². The Morgan fingerprint density at radius 2 is 2.38 bits per heavy atom. The molecular formula is C10H7N3OS2. The zero-order valence-corrected chi connectivity index (χ0v) is 9.75. The molecule has 4 nitrogen and oxygen atoms in total. The monoisotopic (exact) mass is 249 g/mol. The van der Waals surface area contributed by atoms with E-state index in [-0.39, 0.29) is 6.61 Å². The minimum absolute atomic E-state index is 0.0571. The van der Waals surface area contributed by atoms with Crippen molar-refractivity contribution >= 4 is 23.3 Å². The van der Waals surface area contributed by atoms with E-state index in [4.69, 9.17) is 10.4 Å². The zero-order chi connectivity index (χ0) is 11.4. The fraction of sp³-hybridized carbons (Fsp3) is 0.100. The van der Waals surface area contributed by atoms with Crippen molar-refractivity contribution in [2.45, 2.75) is 15.8 Å². The van der Waals surface area contributed by atoms with E-state index in [0.29, 0.717) is 5.56 Å². The van der Waals surface area contributed by atoms with Crippen molar-refractivity contribution in [3.05, 3.63) is 35.7 Å². The third-order valence-corrected chi connectivity index (χ3v) is 3.68. The highest BCUT2D eigenvalue weighted by molar-refractivity contribution is 8.01. The second-order valence-corrected chi connectivity index (χ2v) is 4.98. The molecule has 0 saturated heterocycles. The summed E-state index contributed by atoms with van der Waals surface area (Å²) in [6.07, 6.45) is 1.49. The largest absolute Gasteiger partial charge is 0.392 e. The van der Waals surface area contributed by atoms with E-state index in [1.54, 1.807) is 12.1 Å². The highest BCUT2D eigenvalue weighted by Gasteiger charge is 2.07. The standard InChI is InChI=1S/C10H7N3OS2/c11-4-8-3-7(5-14)1-2-9(8)15-10-12-6-13-16-10/h1-3,6,14H,5H2. The van der Waals surface area contributed by atoms with Crippen LogP contribution in [0.15, 0.2) is 33.8 Å². The van der Waals surface area contributed by atoms with Crippen LogP contribution in [0.2, 0.25) is 0 Å². The molecule has 0 bridgehead atoms. The molecule has 0 saturated carbocycles. The molecule has 1 aromatic heterocycles. The van der Waals surface area contributed by atoms with Crippen molar-refractivity contribution in [1.82, 2.24) is 9.36 Å². The van der Waals surface area contributed by atoms with E-state index >= 15 is 0 Å². The van der Waals surface area contributed by atoms with E-state index in [9.17, 15) is 0 Å². The Labute approximate surface area is 101 Å². The number of hydrogen-bond acceptors (Lipinski definition) is 6. The van der Waals surface area contributed by atoms with Crippen LogP contribution in [0.25, 0.3) is 0 Å². The molecule has 0 radical (unpaired) electrons. The lowest BCUT2D eigenvalue weighted by atomic mass is 10.1. The van der Waals surface area contributed by atoms with Gasteiger partial charge in [-0.2, -0.15) is 9.64 Å². The average molecular weight is 249 g/mol. The molecule has 1 aromatic carbocycles. The Kier molecular flexibility index (Phi) is 3.51. The molecule has 0 atom stereocenters. The molecule has 0 spiro atoms. The Hall–Kier alpha value is -1.42. The molecule has 16 heavy (non-hydrogen) atoms. The van der Waals surface area contributed by atoms with E-state index in [1.807, 2.05) is 6.07 Å². The topological polar surface area (TPSA) is 69.8 Å². The molecular weight excluding hydrogens is 242 g/mol. The summed E-state index contributed by atoms with van der Waals surface area (Å²) in [5.74, 6) is 0. The highest BCUT2D eigenvalue weighted by Crippen LogP contribution is 2.31. The summed E-state index contributed by atoms with van der Waals surface area (Å²) in [7, 11) is 0. The van der Waals surface area contributed by atoms with Crippen molar-refractivity contribution in [2.24, 2.45) is 0 Å². The zero-order valence-electron chi connectivity index (χ0n) is 8.12. The summed E-state index contributed by atoms with van der Waals surface area (Å²) in [6, 6.07) is 7.40. The van der Waals surface area contributed by atoms with Gasteiger partial charge in [-0.25, -0.2) is 4.98 Å². The lowest BCUT2D eigenvalue weighted by Crippen LogP contribution is -1.87. The third kappa shape index (κ3) is 2.39. The number of nitriles is 1. The van der Waals surface area contributed by atoms with Gasteiger partial charge >= 0.3 is 0 Å². The van der Waals surface area contributed by atoms with Gasteiger partial charge in [0.05, 0.1) is 12.2 Å². The van der Waals surface area contributed by atoms with Crippen LogP contribution in [0.4, 0.5) is 0 Å². The quantitative estimate of drug-likeness (QED) is 0.901. The van der Waals surface area contributed by atoms with Crippen molar-refractivity contribution in [2.75, 3.05) is 0 Å². The van der Waals surface area contributed by atoms with Crippen LogP contribution < -0.4 is 0 Å². The molecule has 2 aromatic rings. The summed E-state index contributed by atoms with van der Waals surface area (Å²) >= 11 is 2.70. The number of benzene rings is 1. The molecule has 0 aliphatic rings. The molecule has 0 amide bonds. The number of hydrogen-bond donors (Lipinski definition) is 1. The summed E-state index contributed by atoms with van der Waals surface area (Å²) < 4.78 is 4.69. The van der Waals surface area contributed by atoms with E-state index in [0.717, 1.165) is 14.8 Å². The van der Waals surface area contributed by atoms with Crippen LogP contribution in [0.1, 0.15) is 11.1 Å². The predicted octanol–water partition coefficient (Wildman–Crippen LogP) is 2.05. The first kappa shape index (κ1) is 11.1. The predicted molar refractivity (Wildman–Crippen MR) is 61.1 cm³/mol. The Balaban J connectivity index is 2.31. The van der Waals surface area contributed by atoms with Gasteiger partial charge in [-0.15, -0.1) is 0 Å². The van der Waals surface area contributed by atoms with E-state index in [2.05, 4.69) is 15.4 Å². The minimum atomic E-state index is -0.0571. The SMILES string of the molecule is N#Cc1cc(CO)ccc1Sc1ncns1. The van der Waals surface area contributed by atoms with Crippen LogP contribution in [-0.2, 0) is 6.61 Å². The first-order valence-corrected chi connectivity index (χ1v) is 6.01. The van der Waals surface area contributed by atoms with Crippen LogP contribution in [0, 0.1) is 11.3 Å². The lowest BCUT2D eigenvalue weighted by molar-refractivity contribution is 0.281. The summed E-state index contributed by atoms with van der Waals surface area (Å²) in [5, 5.41) is 18.0. The second-order valence-electron chi connectivity index (χ2n) is 2.91. The molecule has 0 fully saturated rings. The molecule has 6 heteroatoms. The van der Waals surface area contributed by atoms with E-state index in [1.165, 1.54) is 29.6 Å². The highest BCUT2D eigenvalue weighted by atomic mass is 32.2. The maximum atomic E-state index is 8.99. The first-order chi connectivity index (χ1) is 7.83. The number of rotatable bonds is 3. The molecule has 0 aliphatic heterocycles. The van der Waals surface area contributed by atoms with Crippen LogP contribution in [-0.4, -0.2) is 14.5 Å². The van der Waals surface area contributed by atoms with Crippen LogP contribution >= 0.6 is 23.3 Å². The third-order valence-electron chi connectivity index (χ3n) is 1.89. The Morgan fingerprint density at radius 1 is 1.50 bits per heavy atom. The molecule has 2 rings (SSSR count). The fourth-order valence-corrected chi connectivity index (χ4v) is 2.62. The first-order valence-electron chi connectivity index (χ1n) is 4.42. The maximum Gasteiger partial charge on any atom is 0.174 e. The normalized spacial score (nSPS) is 10.0. The summed E-state index contributed by atoms with van der Waals surface area (Å²) in [5.41, 5.74) is 1.28. The van der Waals surface area contributed by atoms with Gasteiger partial charge in [0.1, 0.15) is 12.4 Å². The Morgan fingerprint density at radius 3 is 3.00 bits per heavy atom. The van der Waals surface area contributed by atoms with Gasteiger partial charge in [-0.05, 0) is 29.2 Å². The average Bonchev–Trinajstić information content (AvgIpc) is 2.82. The molecule has 0 unspecified atom stereocenters. The van der Waals surface area contributed by atoms with E-state index < -0.39 is 0 Å². The number of aliphatic hydroxyl groups is 1. The van der Waals surface area contributed by atoms with Gasteiger partial charge in [0.15, 0.2) is 4.34 Å². The summed E-state index contributed by atoms with van der Waals surface area (Å²) in [6.45, 7) is -0.0571. The van der Waals surface area contributed by atoms with Crippen LogP contribution in [0.3, 0.4) is 0 Å². The van der Waals surface area contributed by atoms with Gasteiger partial charge < -0.3 is 5.11 Å². The Bertz CT molecular complexity index is 519. The number of aromatic nitrogens is 2. The van der Waals surface area contributed by atoms with Gasteiger partial charge in [0, 0.05) is 4.90 Å². The van der Waals surface area contributed by atoms with Crippen molar-refractivity contribution < 1.29 is 5.11 Å². The molecule has 80 valence electrons. The molecule has 1 N–H and O–H groups in total. The van der Waals surface area contributed by atoms with Crippen molar-refractivity contribution in [3.8, 4) is 6.07 Å². The number of nitrogens with zero attached hydrogens (tertiary/aromatic N) is 3. The van der Waals surface area contributed by atoms with Gasteiger partial charge in [0.25, 0.3) is 0 Å². The number of aliphatic hydroxyl groups excluding tert-OH is 1. The fourth-order valence-electron chi connectivity index (χ4n) is 1.15. The van der Waals surface area contributed by atoms with Crippen molar-refractivity contribution in [3.63, 3.8) is 0 Å². The summed E-state index contributed by atoms with van der Waals surface area (Å²) in [4.78, 5) is 4.87. The maximum absolute atomic E-state index is 8.99. The minimum Gasteiger partial charge on any atom is -0.392 e. The van der Waals surface area contributed by atoms with Gasteiger partial charge in [0.2, 0.25) is 0 Å². The second kappa shape index (κ2) is 5.07.